The number of hydrogen-bond donors (Lipinski definition) is 3. The van der Waals surface area contributed by atoms with Crippen molar-refractivity contribution < 1.29 is 14.9 Å². The molecule has 2 aromatic heterocycles. The van der Waals surface area contributed by atoms with E-state index in [0.717, 1.165) is 19.3 Å². The number of nitro groups is 1. The highest BCUT2D eigenvalue weighted by Crippen LogP contribution is 2.20. The molecule has 0 aromatic carbocycles. The van der Waals surface area contributed by atoms with Crippen molar-refractivity contribution in [1.82, 2.24) is 14.9 Å². The first kappa shape index (κ1) is 18.2. The molecule has 0 aliphatic heterocycles. The molecule has 0 atom stereocenters. The van der Waals surface area contributed by atoms with E-state index in [2.05, 4.69) is 29.1 Å². The largest absolute Gasteiger partial charge is 0.359 e. The molecule has 25 heavy (non-hydrogen) atoms. The van der Waals surface area contributed by atoms with E-state index < -0.39 is 10.8 Å². The average Bonchev–Trinajstić information content (AvgIpc) is 2.96. The first-order valence-corrected chi connectivity index (χ1v) is 7.89. The number of pyridine rings is 1. The number of hydrogen-bond acceptors (Lipinski definition) is 6. The molecule has 0 fully saturated rings. The van der Waals surface area contributed by atoms with Crippen molar-refractivity contribution in [1.29, 1.82) is 0 Å². The Morgan fingerprint density at radius 3 is 2.92 bits per heavy atom. The van der Waals surface area contributed by atoms with Gasteiger partial charge in [-0.2, -0.15) is 0 Å². The van der Waals surface area contributed by atoms with Crippen molar-refractivity contribution in [2.75, 3.05) is 11.9 Å². The molecule has 0 radical (unpaired) electrons. The number of anilines is 1. The van der Waals surface area contributed by atoms with E-state index in [9.17, 15) is 14.9 Å². The number of hydroxylamine groups is 1. The summed E-state index contributed by atoms with van der Waals surface area (Å²) in [6, 6.07) is 2.86. The van der Waals surface area contributed by atoms with Gasteiger partial charge in [-0.1, -0.05) is 25.7 Å². The van der Waals surface area contributed by atoms with Gasteiger partial charge in [-0.25, -0.2) is 10.5 Å². The zero-order valence-electron chi connectivity index (χ0n) is 13.8. The van der Waals surface area contributed by atoms with Crippen LogP contribution in [0, 0.1) is 22.0 Å². The van der Waals surface area contributed by atoms with Crippen molar-refractivity contribution >= 4 is 23.1 Å². The minimum Gasteiger partial charge on any atom is -0.359 e. The van der Waals surface area contributed by atoms with Crippen LogP contribution in [0.2, 0.25) is 0 Å². The van der Waals surface area contributed by atoms with Crippen LogP contribution in [0.3, 0.4) is 0 Å². The van der Waals surface area contributed by atoms with Gasteiger partial charge in [0.05, 0.1) is 17.7 Å². The van der Waals surface area contributed by atoms with Crippen molar-refractivity contribution in [3.05, 3.63) is 34.1 Å². The van der Waals surface area contributed by atoms with Crippen LogP contribution in [-0.4, -0.2) is 32.0 Å². The lowest BCUT2D eigenvalue weighted by molar-refractivity contribution is -0.385. The predicted molar refractivity (Wildman–Crippen MR) is 91.3 cm³/mol. The van der Waals surface area contributed by atoms with E-state index in [1.54, 1.807) is 0 Å². The van der Waals surface area contributed by atoms with Gasteiger partial charge in [-0.15, -0.1) is 0 Å². The summed E-state index contributed by atoms with van der Waals surface area (Å²) in [6.07, 6.45) is 5.18. The van der Waals surface area contributed by atoms with Gasteiger partial charge in [0.15, 0.2) is 5.82 Å². The molecule has 0 saturated carbocycles. The summed E-state index contributed by atoms with van der Waals surface area (Å²) >= 11 is 0. The van der Waals surface area contributed by atoms with Gasteiger partial charge < -0.3 is 5.32 Å². The Morgan fingerprint density at radius 1 is 1.44 bits per heavy atom. The number of carbonyl (C=O) groups is 1. The van der Waals surface area contributed by atoms with E-state index >= 15 is 0 Å². The minimum absolute atomic E-state index is 0.0846. The SMILES string of the molecule is CCCCCC#Cc1c(NCC(=O)NO)nc2ccc([N+](=O)[O-])cn12. The summed E-state index contributed by atoms with van der Waals surface area (Å²) < 4.78 is 1.52. The Morgan fingerprint density at radius 2 is 2.24 bits per heavy atom. The van der Waals surface area contributed by atoms with Crippen molar-refractivity contribution in [3.8, 4) is 11.8 Å². The Labute approximate surface area is 144 Å². The van der Waals surface area contributed by atoms with Gasteiger partial charge in [-0.3, -0.25) is 24.5 Å². The topological polar surface area (TPSA) is 122 Å². The molecule has 0 spiro atoms. The van der Waals surface area contributed by atoms with Crippen LogP contribution < -0.4 is 10.8 Å². The van der Waals surface area contributed by atoms with Crippen LogP contribution in [0.4, 0.5) is 11.5 Å². The average molecular weight is 345 g/mol. The molecule has 1 amide bonds. The zero-order valence-corrected chi connectivity index (χ0v) is 13.8. The molecule has 3 N–H and O–H groups in total. The third-order valence-corrected chi connectivity index (χ3v) is 3.47. The summed E-state index contributed by atoms with van der Waals surface area (Å²) in [4.78, 5) is 26.0. The molecule has 0 saturated heterocycles. The Kier molecular flexibility index (Phi) is 6.31. The molecule has 2 rings (SSSR count). The Balaban J connectivity index is 2.37. The van der Waals surface area contributed by atoms with E-state index in [1.807, 2.05) is 0 Å². The second kappa shape index (κ2) is 8.65. The summed E-state index contributed by atoms with van der Waals surface area (Å²) in [7, 11) is 0. The van der Waals surface area contributed by atoms with Crippen LogP contribution in [0.25, 0.3) is 5.65 Å². The van der Waals surface area contributed by atoms with Crippen molar-refractivity contribution in [3.63, 3.8) is 0 Å². The molecule has 0 aliphatic carbocycles. The van der Waals surface area contributed by atoms with Crippen LogP contribution in [-0.2, 0) is 4.79 Å². The van der Waals surface area contributed by atoms with E-state index in [-0.39, 0.29) is 12.2 Å². The third-order valence-electron chi connectivity index (χ3n) is 3.47. The number of unbranched alkanes of at least 4 members (excludes halogenated alkanes) is 3. The number of amides is 1. The molecule has 9 nitrogen and oxygen atoms in total. The van der Waals surface area contributed by atoms with E-state index in [1.165, 1.54) is 28.2 Å². The fourth-order valence-corrected chi connectivity index (χ4v) is 2.20. The normalized spacial score (nSPS) is 10.2. The van der Waals surface area contributed by atoms with Crippen molar-refractivity contribution in [2.45, 2.75) is 32.6 Å². The lowest BCUT2D eigenvalue weighted by Crippen LogP contribution is -2.27. The van der Waals surface area contributed by atoms with E-state index in [0.29, 0.717) is 23.6 Å². The van der Waals surface area contributed by atoms with Crippen LogP contribution in [0.5, 0.6) is 0 Å². The van der Waals surface area contributed by atoms with Gasteiger partial charge in [0, 0.05) is 12.5 Å². The molecule has 0 bridgehead atoms. The third kappa shape index (κ3) is 4.68. The number of imidazole rings is 1. The number of carbonyl (C=O) groups excluding carboxylic acids is 1. The number of nitrogens with zero attached hydrogens (tertiary/aromatic N) is 3. The second-order valence-corrected chi connectivity index (χ2v) is 5.33. The van der Waals surface area contributed by atoms with Gasteiger partial charge in [-0.05, 0) is 18.4 Å². The fourth-order valence-electron chi connectivity index (χ4n) is 2.20. The molecular weight excluding hydrogens is 326 g/mol. The first-order chi connectivity index (χ1) is 12.1. The Bertz CT molecular complexity index is 834. The molecule has 0 unspecified atom stereocenters. The Hall–Kier alpha value is -3.12. The lowest BCUT2D eigenvalue weighted by Gasteiger charge is -2.02. The highest BCUT2D eigenvalue weighted by atomic mass is 16.6. The zero-order chi connectivity index (χ0) is 18.2. The van der Waals surface area contributed by atoms with Crippen molar-refractivity contribution in [2.24, 2.45) is 0 Å². The lowest BCUT2D eigenvalue weighted by atomic mass is 10.2. The summed E-state index contributed by atoms with van der Waals surface area (Å²) in [5, 5.41) is 22.3. The number of nitrogens with one attached hydrogen (secondary N) is 2. The predicted octanol–water partition coefficient (Wildman–Crippen LogP) is 2.09. The molecule has 132 valence electrons. The smallest absolute Gasteiger partial charge is 0.286 e. The maximum Gasteiger partial charge on any atom is 0.286 e. The number of aromatic nitrogens is 2. The standard InChI is InChI=1S/C16H19N5O4/c1-2-3-4-5-6-7-13-16(17-10-15(22)19-23)18-14-9-8-12(21(24)25)11-20(13)14/h8-9,11,17,23H,2-5,10H2,1H3,(H,19,22). The summed E-state index contributed by atoms with van der Waals surface area (Å²) in [5.74, 6) is 5.70. The van der Waals surface area contributed by atoms with Crippen LogP contribution in [0.15, 0.2) is 18.3 Å². The second-order valence-electron chi connectivity index (χ2n) is 5.33. The molecule has 0 aliphatic rings. The maximum atomic E-state index is 11.2. The van der Waals surface area contributed by atoms with E-state index in [4.69, 9.17) is 5.21 Å². The fraction of sp³-hybridized carbons (Fsp3) is 0.375. The number of fused-ring (bicyclic) bond motifs is 1. The quantitative estimate of drug-likeness (QED) is 0.232. The summed E-state index contributed by atoms with van der Waals surface area (Å²) in [5.41, 5.74) is 2.33. The highest BCUT2D eigenvalue weighted by Gasteiger charge is 2.15. The van der Waals surface area contributed by atoms with Gasteiger partial charge in [0.1, 0.15) is 11.3 Å². The molecular formula is C16H19N5O4. The molecule has 2 aromatic rings. The molecule has 2 heterocycles. The van der Waals surface area contributed by atoms with Crippen LogP contribution >= 0.6 is 0 Å². The first-order valence-electron chi connectivity index (χ1n) is 7.89. The highest BCUT2D eigenvalue weighted by molar-refractivity contribution is 5.80. The minimum atomic E-state index is -0.634. The summed E-state index contributed by atoms with van der Waals surface area (Å²) in [6.45, 7) is 1.90. The van der Waals surface area contributed by atoms with Gasteiger partial charge >= 0.3 is 0 Å². The monoisotopic (exact) mass is 345 g/mol. The number of rotatable bonds is 7. The van der Waals surface area contributed by atoms with Crippen LogP contribution in [0.1, 0.15) is 38.3 Å². The van der Waals surface area contributed by atoms with Gasteiger partial charge in [0.25, 0.3) is 11.6 Å². The maximum absolute atomic E-state index is 11.2. The van der Waals surface area contributed by atoms with Gasteiger partial charge in [0.2, 0.25) is 0 Å². The molecule has 9 heteroatoms.